The number of hydrogen-bond acceptors (Lipinski definition) is 2. The topological polar surface area (TPSA) is 52.0 Å². The van der Waals surface area contributed by atoms with Crippen molar-refractivity contribution in [2.24, 2.45) is 11.5 Å². The zero-order chi connectivity index (χ0) is 10.3. The van der Waals surface area contributed by atoms with E-state index in [9.17, 15) is 4.39 Å². The fourth-order valence-corrected chi connectivity index (χ4v) is 1.13. The molecule has 0 spiro atoms. The van der Waals surface area contributed by atoms with E-state index in [1.54, 1.807) is 0 Å². The lowest BCUT2D eigenvalue weighted by Crippen LogP contribution is -2.24. The average molecular weight is 190 g/mol. The molecule has 80 valence electrons. The summed E-state index contributed by atoms with van der Waals surface area (Å²) >= 11 is 0. The fourth-order valence-electron chi connectivity index (χ4n) is 1.13. The zero-order valence-electron chi connectivity index (χ0n) is 8.85. The van der Waals surface area contributed by atoms with Crippen LogP contribution in [0.1, 0.15) is 46.0 Å². The van der Waals surface area contributed by atoms with Gasteiger partial charge in [-0.1, -0.05) is 19.3 Å². The average Bonchev–Trinajstić information content (AvgIpc) is 2.06. The van der Waals surface area contributed by atoms with E-state index in [2.05, 4.69) is 0 Å². The maximum Gasteiger partial charge on any atom is 0.117 e. The molecule has 0 aromatic rings. The van der Waals surface area contributed by atoms with Gasteiger partial charge in [-0.3, -0.25) is 0 Å². The number of alkyl halides is 1. The molecule has 2 nitrogen and oxygen atoms in total. The van der Waals surface area contributed by atoms with Gasteiger partial charge in [0, 0.05) is 12.6 Å². The van der Waals surface area contributed by atoms with Crippen LogP contribution in [-0.2, 0) is 0 Å². The molecule has 0 radical (unpaired) electrons. The summed E-state index contributed by atoms with van der Waals surface area (Å²) in [5, 5.41) is 0. The molecule has 13 heavy (non-hydrogen) atoms. The van der Waals surface area contributed by atoms with Gasteiger partial charge < -0.3 is 11.5 Å². The fraction of sp³-hybridized carbons (Fsp3) is 1.00. The highest BCUT2D eigenvalue weighted by Crippen LogP contribution is 2.14. The molecular weight excluding hydrogens is 167 g/mol. The minimum Gasteiger partial charge on any atom is -0.328 e. The van der Waals surface area contributed by atoms with Gasteiger partial charge in [-0.2, -0.15) is 0 Å². The van der Waals surface area contributed by atoms with Gasteiger partial charge in [0.05, 0.1) is 0 Å². The Morgan fingerprint density at radius 3 is 1.77 bits per heavy atom. The van der Waals surface area contributed by atoms with E-state index in [4.69, 9.17) is 11.5 Å². The summed E-state index contributed by atoms with van der Waals surface area (Å²) in [5.41, 5.74) is 9.38. The van der Waals surface area contributed by atoms with Crippen LogP contribution in [0.3, 0.4) is 0 Å². The molecule has 0 heterocycles. The normalized spacial score (nSPS) is 19.2. The number of hydrogen-bond donors (Lipinski definition) is 2. The second-order valence-electron chi connectivity index (χ2n) is 4.32. The first-order valence-electron chi connectivity index (χ1n) is 5.10. The number of rotatable bonds is 1. The molecule has 1 aliphatic rings. The standard InChI is InChI=1S/C6H13N.C4H10FN/c7-6-4-2-1-3-5-6;1-4(2,5)3-6/h6H,1-5,7H2;3,6H2,1-2H3. The largest absolute Gasteiger partial charge is 0.328 e. The maximum absolute atomic E-state index is 12.0. The first-order chi connectivity index (χ1) is 5.95. The molecule has 1 saturated carbocycles. The Labute approximate surface area is 80.9 Å². The second-order valence-corrected chi connectivity index (χ2v) is 4.32. The molecule has 1 aliphatic carbocycles. The summed E-state index contributed by atoms with van der Waals surface area (Å²) in [5.74, 6) is 0. The first kappa shape index (κ1) is 12.8. The molecular formula is C10H23FN2. The third-order valence-corrected chi connectivity index (χ3v) is 2.14. The number of halogens is 1. The van der Waals surface area contributed by atoms with E-state index < -0.39 is 5.67 Å². The minimum atomic E-state index is -1.18. The summed E-state index contributed by atoms with van der Waals surface area (Å²) in [4.78, 5) is 0. The van der Waals surface area contributed by atoms with Crippen molar-refractivity contribution in [2.45, 2.75) is 57.7 Å². The lowest BCUT2D eigenvalue weighted by atomic mass is 9.97. The molecule has 3 heteroatoms. The number of nitrogens with two attached hydrogens (primary N) is 2. The van der Waals surface area contributed by atoms with Crippen LogP contribution in [-0.4, -0.2) is 18.3 Å². The van der Waals surface area contributed by atoms with Crippen LogP contribution in [0.4, 0.5) is 4.39 Å². The van der Waals surface area contributed by atoms with Crippen molar-refractivity contribution in [1.82, 2.24) is 0 Å². The molecule has 1 fully saturated rings. The minimum absolute atomic E-state index is 0.104. The Kier molecular flexibility index (Phi) is 6.25. The zero-order valence-corrected chi connectivity index (χ0v) is 8.85. The van der Waals surface area contributed by atoms with Crippen LogP contribution in [0.25, 0.3) is 0 Å². The highest BCUT2D eigenvalue weighted by atomic mass is 19.1. The van der Waals surface area contributed by atoms with Crippen molar-refractivity contribution >= 4 is 0 Å². The van der Waals surface area contributed by atoms with Gasteiger partial charge in [-0.25, -0.2) is 4.39 Å². The molecule has 0 aromatic carbocycles. The quantitative estimate of drug-likeness (QED) is 0.664. The highest BCUT2D eigenvalue weighted by molar-refractivity contribution is 4.66. The third-order valence-electron chi connectivity index (χ3n) is 2.14. The molecule has 4 N–H and O–H groups in total. The van der Waals surface area contributed by atoms with E-state index in [0.29, 0.717) is 6.04 Å². The molecule has 0 unspecified atom stereocenters. The lowest BCUT2D eigenvalue weighted by Gasteiger charge is -2.15. The Bertz CT molecular complexity index is 115. The van der Waals surface area contributed by atoms with Crippen molar-refractivity contribution in [3.8, 4) is 0 Å². The van der Waals surface area contributed by atoms with Gasteiger partial charge in [0.25, 0.3) is 0 Å². The van der Waals surface area contributed by atoms with Crippen LogP contribution in [0, 0.1) is 0 Å². The summed E-state index contributed by atoms with van der Waals surface area (Å²) < 4.78 is 12.0. The van der Waals surface area contributed by atoms with E-state index in [-0.39, 0.29) is 6.54 Å². The van der Waals surface area contributed by atoms with E-state index in [1.165, 1.54) is 46.0 Å². The highest BCUT2D eigenvalue weighted by Gasteiger charge is 2.10. The van der Waals surface area contributed by atoms with E-state index in [1.807, 2.05) is 0 Å². The summed E-state index contributed by atoms with van der Waals surface area (Å²) in [6, 6.07) is 0.536. The van der Waals surface area contributed by atoms with E-state index in [0.717, 1.165) is 0 Å². The molecule has 0 saturated heterocycles. The Morgan fingerprint density at radius 2 is 1.62 bits per heavy atom. The molecule has 0 aliphatic heterocycles. The van der Waals surface area contributed by atoms with Crippen LogP contribution in [0.5, 0.6) is 0 Å². The van der Waals surface area contributed by atoms with Crippen LogP contribution in [0.2, 0.25) is 0 Å². The molecule has 1 rings (SSSR count). The smallest absolute Gasteiger partial charge is 0.117 e. The van der Waals surface area contributed by atoms with Gasteiger partial charge in [0.15, 0.2) is 0 Å². The molecule has 0 aromatic heterocycles. The summed E-state index contributed by atoms with van der Waals surface area (Å²) in [6.07, 6.45) is 6.66. The van der Waals surface area contributed by atoms with Crippen molar-refractivity contribution in [3.63, 3.8) is 0 Å². The van der Waals surface area contributed by atoms with Crippen molar-refractivity contribution in [1.29, 1.82) is 0 Å². The third kappa shape index (κ3) is 9.77. The monoisotopic (exact) mass is 190 g/mol. The van der Waals surface area contributed by atoms with Gasteiger partial charge in [0.1, 0.15) is 5.67 Å². The molecule has 0 bridgehead atoms. The van der Waals surface area contributed by atoms with E-state index >= 15 is 0 Å². The van der Waals surface area contributed by atoms with Gasteiger partial charge in [0.2, 0.25) is 0 Å². The Hall–Kier alpha value is -0.150. The molecule has 0 atom stereocenters. The van der Waals surface area contributed by atoms with Crippen molar-refractivity contribution < 1.29 is 4.39 Å². The van der Waals surface area contributed by atoms with Crippen LogP contribution >= 0.6 is 0 Å². The Balaban J connectivity index is 0.000000226. The van der Waals surface area contributed by atoms with Crippen molar-refractivity contribution in [3.05, 3.63) is 0 Å². The second kappa shape index (κ2) is 6.33. The first-order valence-corrected chi connectivity index (χ1v) is 5.10. The Morgan fingerprint density at radius 1 is 1.23 bits per heavy atom. The van der Waals surface area contributed by atoms with Gasteiger partial charge in [-0.05, 0) is 26.7 Å². The van der Waals surface area contributed by atoms with Crippen molar-refractivity contribution in [2.75, 3.05) is 6.54 Å². The lowest BCUT2D eigenvalue weighted by molar-refractivity contribution is 0.228. The maximum atomic E-state index is 12.0. The van der Waals surface area contributed by atoms with Crippen LogP contribution < -0.4 is 11.5 Å². The van der Waals surface area contributed by atoms with Crippen LogP contribution in [0.15, 0.2) is 0 Å². The van der Waals surface area contributed by atoms with Gasteiger partial charge in [-0.15, -0.1) is 0 Å². The summed E-state index contributed by atoms with van der Waals surface area (Å²) in [7, 11) is 0. The predicted molar refractivity (Wildman–Crippen MR) is 55.3 cm³/mol. The molecule has 0 amide bonds. The SMILES string of the molecule is CC(C)(F)CN.NC1CCCCC1. The van der Waals surface area contributed by atoms with Gasteiger partial charge >= 0.3 is 0 Å². The summed E-state index contributed by atoms with van der Waals surface area (Å²) in [6.45, 7) is 3.01. The predicted octanol–water partition coefficient (Wildman–Crippen LogP) is 1.97.